The smallest absolute Gasteiger partial charge is 0.264 e. The molecule has 0 atom stereocenters. The molecule has 4 aromatic carbocycles. The van der Waals surface area contributed by atoms with Gasteiger partial charge < -0.3 is 29.8 Å². The molecule has 0 unspecified atom stereocenters. The zero-order chi connectivity index (χ0) is 40.7. The van der Waals surface area contributed by atoms with Gasteiger partial charge in [0.15, 0.2) is 5.30 Å². The molecule has 0 radical (unpaired) electrons. The van der Waals surface area contributed by atoms with Crippen molar-refractivity contribution in [1.29, 1.82) is 0 Å². The fourth-order valence-corrected chi connectivity index (χ4v) is 9.42. The lowest BCUT2D eigenvalue weighted by atomic mass is 9.79. The second-order valence-corrected chi connectivity index (χ2v) is 22.3. The first-order chi connectivity index (χ1) is 24.4. The normalized spacial score (nSPS) is 14.7. The Morgan fingerprint density at radius 2 is 0.593 bits per heavy atom. The van der Waals surface area contributed by atoms with Crippen molar-refractivity contribution < 1.29 is 39.6 Å². The largest absolute Gasteiger partial charge is 0.683 e. The molecule has 0 aliphatic heterocycles. The van der Waals surface area contributed by atoms with Crippen LogP contribution in [0.3, 0.4) is 0 Å². The zero-order valence-corrected chi connectivity index (χ0v) is 35.6. The summed E-state index contributed by atoms with van der Waals surface area (Å²) in [6.45, 7) is 24.1. The number of fused-ring (bicyclic) bond motifs is 8. The Hall–Kier alpha value is -2.90. The minimum Gasteiger partial charge on any atom is -0.683 e. The Labute approximate surface area is 322 Å². The number of hydrogen-bond acceptors (Lipinski definition) is 8. The number of benzene rings is 4. The van der Waals surface area contributed by atoms with Crippen LogP contribution in [-0.4, -0.2) is 20.0 Å². The van der Waals surface area contributed by atoms with Crippen molar-refractivity contribution in [1.82, 2.24) is 0 Å². The van der Waals surface area contributed by atoms with Crippen LogP contribution in [0.2, 0.25) is 0 Å². The molecule has 0 amide bonds. The highest BCUT2D eigenvalue weighted by molar-refractivity contribution is 7.65. The summed E-state index contributed by atoms with van der Waals surface area (Å²) in [5.74, 6) is -0.264. The van der Waals surface area contributed by atoms with Crippen LogP contribution < -0.4 is 30.2 Å². The van der Waals surface area contributed by atoms with E-state index in [0.29, 0.717) is 33.4 Å². The fourth-order valence-electron chi connectivity index (χ4n) is 7.40. The fraction of sp³-hybridized carbons (Fsp3) is 0.455. The minimum absolute atomic E-state index is 0.0406. The Morgan fingerprint density at radius 1 is 0.389 bits per heavy atom. The molecule has 0 heterocycles. The first-order valence-electron chi connectivity index (χ1n) is 18.5. The average molecular weight is 775 g/mol. The summed E-state index contributed by atoms with van der Waals surface area (Å²) in [4.78, 5) is 75.8. The first kappa shape index (κ1) is 42.2. The quantitative estimate of drug-likeness (QED) is 0.178. The summed E-state index contributed by atoms with van der Waals surface area (Å²) in [6, 6.07) is 14.4. The number of rotatable bonds is 2. The predicted molar refractivity (Wildman–Crippen MR) is 213 cm³/mol. The van der Waals surface area contributed by atoms with Crippen molar-refractivity contribution in [3.05, 3.63) is 115 Å². The molecule has 54 heavy (non-hydrogen) atoms. The molecule has 4 aromatic rings. The lowest BCUT2D eigenvalue weighted by Gasteiger charge is -2.44. The third-order valence-electron chi connectivity index (χ3n) is 10.6. The van der Waals surface area contributed by atoms with E-state index in [1.54, 1.807) is 24.3 Å². The van der Waals surface area contributed by atoms with E-state index < -0.39 is 37.5 Å². The maximum atomic E-state index is 13.6. The number of hydrogen-bond donors (Lipinski definition) is 4. The Balaban J connectivity index is 2.01. The molecule has 1 aliphatic carbocycles. The van der Waals surface area contributed by atoms with E-state index in [9.17, 15) is 39.6 Å². The molecule has 0 aromatic heterocycles. The van der Waals surface area contributed by atoms with E-state index in [4.69, 9.17) is 0 Å². The molecule has 0 fully saturated rings. The van der Waals surface area contributed by atoms with E-state index in [-0.39, 0.29) is 58.9 Å². The topological polar surface area (TPSA) is 173 Å². The molecule has 0 saturated heterocycles. The number of phenolic OH excluding ortho intramolecular Hbond substituents is 2. The van der Waals surface area contributed by atoms with E-state index in [1.165, 1.54) is 0 Å². The van der Waals surface area contributed by atoms with Gasteiger partial charge in [0.2, 0.25) is 0 Å². The second-order valence-electron chi connectivity index (χ2n) is 19.3. The first-order valence-corrected chi connectivity index (χ1v) is 21.6. The van der Waals surface area contributed by atoms with Crippen molar-refractivity contribution in [2.75, 3.05) is 0 Å². The van der Waals surface area contributed by atoms with Gasteiger partial charge in [-0.05, 0) is 77.3 Å². The summed E-state index contributed by atoms with van der Waals surface area (Å²) in [7, 11) is -10.4. The highest BCUT2D eigenvalue weighted by Crippen LogP contribution is 2.46. The van der Waals surface area contributed by atoms with Gasteiger partial charge in [0.05, 0.1) is 5.30 Å². The molecule has 0 saturated carbocycles. The van der Waals surface area contributed by atoms with Gasteiger partial charge in [-0.1, -0.05) is 132 Å². The summed E-state index contributed by atoms with van der Waals surface area (Å²) in [5, 5.41) is 23.6. The molecule has 292 valence electrons. The van der Waals surface area contributed by atoms with Crippen LogP contribution in [0.5, 0.6) is 11.5 Å². The SMILES string of the molecule is CC(C)(C)c1cc2c(O)c(c1)Cc1cc(C(C)(C)C)cc(c1[P+]([O-])(O)O)Cc1cc(C(C)(C)C)cc(c1O)Cc1cc(C(C)(C)C)cc(c1[P+]([O-])([O-])[O-])C2. The van der Waals surface area contributed by atoms with Gasteiger partial charge in [0.1, 0.15) is 11.5 Å². The molecule has 8 bridgehead atoms. The van der Waals surface area contributed by atoms with E-state index in [1.807, 2.05) is 107 Å². The molecule has 5 rings (SSSR count). The van der Waals surface area contributed by atoms with Crippen LogP contribution in [0, 0.1) is 0 Å². The number of phenols is 2. The molecule has 0 spiro atoms. The average Bonchev–Trinajstić information content (AvgIpc) is 2.97. The van der Waals surface area contributed by atoms with Gasteiger partial charge in [-0.3, -0.25) is 0 Å². The third-order valence-corrected chi connectivity index (χ3v) is 12.9. The Morgan fingerprint density at radius 3 is 0.778 bits per heavy atom. The minimum atomic E-state index is -5.43. The molecular weight excluding hydrogens is 718 g/mol. The molecule has 10 heteroatoms. The van der Waals surface area contributed by atoms with E-state index in [2.05, 4.69) is 0 Å². The maximum Gasteiger partial charge on any atom is 0.264 e. The van der Waals surface area contributed by atoms with Crippen LogP contribution in [0.25, 0.3) is 0 Å². The summed E-state index contributed by atoms with van der Waals surface area (Å²) >= 11 is 0. The number of aromatic hydroxyl groups is 2. The van der Waals surface area contributed by atoms with Crippen LogP contribution in [0.15, 0.2) is 48.5 Å². The van der Waals surface area contributed by atoms with E-state index in [0.717, 1.165) is 22.3 Å². The van der Waals surface area contributed by atoms with Gasteiger partial charge in [0, 0.05) is 36.8 Å². The Kier molecular flexibility index (Phi) is 10.9. The van der Waals surface area contributed by atoms with Crippen molar-refractivity contribution in [3.63, 3.8) is 0 Å². The van der Waals surface area contributed by atoms with E-state index >= 15 is 0 Å². The van der Waals surface area contributed by atoms with Gasteiger partial charge in [-0.15, -0.1) is 7.94 Å². The van der Waals surface area contributed by atoms with Crippen LogP contribution >= 0.6 is 15.9 Å². The standard InChI is InChI=1S/C44H58O8P2/c1-41(2,3)33-17-25-13-29-21-35(43(7,8)9)23-31(39(29)53(47,48)49)15-27-19-34(42(4,5)6)20-28(38(27)46)16-32-24-36(44(10,11)12)22-30(40(32)54(50,51)52)14-26(18-33)37(25)45/h17-24,45-46H,13-16H2,1-12H3,(H2,47,48,49)(H2,50,51,52)/p-2. The van der Waals surface area contributed by atoms with Crippen LogP contribution in [0.4, 0.5) is 0 Å². The lowest BCUT2D eigenvalue weighted by Crippen LogP contribution is -2.44. The second kappa shape index (κ2) is 13.9. The molecular formula is C44H56O8P2-2. The van der Waals surface area contributed by atoms with Crippen molar-refractivity contribution >= 4 is 26.5 Å². The van der Waals surface area contributed by atoms with Gasteiger partial charge in [0.25, 0.3) is 7.94 Å². The molecule has 1 aliphatic rings. The van der Waals surface area contributed by atoms with Crippen molar-refractivity contribution in [2.24, 2.45) is 0 Å². The predicted octanol–water partition coefficient (Wildman–Crippen LogP) is 5.17. The van der Waals surface area contributed by atoms with Gasteiger partial charge >= 0.3 is 0 Å². The Bertz CT molecular complexity index is 1850. The highest BCUT2D eigenvalue weighted by Gasteiger charge is 2.35. The summed E-state index contributed by atoms with van der Waals surface area (Å²) < 4.78 is 0. The maximum absolute atomic E-state index is 13.6. The summed E-state index contributed by atoms with van der Waals surface area (Å²) in [5.41, 5.74) is 4.32. The highest BCUT2D eigenvalue weighted by atomic mass is 31.2. The lowest BCUT2D eigenvalue weighted by molar-refractivity contribution is -0.421. The molecule has 8 nitrogen and oxygen atoms in total. The van der Waals surface area contributed by atoms with Gasteiger partial charge in [-0.25, -0.2) is 9.79 Å². The summed E-state index contributed by atoms with van der Waals surface area (Å²) in [6.07, 6.45) is -0.273. The van der Waals surface area contributed by atoms with Crippen molar-refractivity contribution in [3.8, 4) is 11.5 Å². The van der Waals surface area contributed by atoms with Crippen LogP contribution in [-0.2, 0) is 47.3 Å². The molecule has 4 N–H and O–H groups in total. The van der Waals surface area contributed by atoms with Crippen molar-refractivity contribution in [2.45, 2.75) is 130 Å². The van der Waals surface area contributed by atoms with Gasteiger partial charge in [-0.2, -0.15) is 0 Å². The zero-order valence-electron chi connectivity index (χ0n) is 33.8. The van der Waals surface area contributed by atoms with Crippen LogP contribution in [0.1, 0.15) is 150 Å². The monoisotopic (exact) mass is 774 g/mol. The third kappa shape index (κ3) is 8.88.